The molecule has 2 aliphatic rings. The molecule has 1 aliphatic carbocycles. The highest BCUT2D eigenvalue weighted by Gasteiger charge is 2.29. The van der Waals surface area contributed by atoms with Crippen LogP contribution in [0, 0.1) is 0 Å². The van der Waals surface area contributed by atoms with Crippen LogP contribution in [-0.4, -0.2) is 35.3 Å². The zero-order valence-electron chi connectivity index (χ0n) is 12.5. The second-order valence-electron chi connectivity index (χ2n) is 5.65. The maximum Gasteiger partial charge on any atom is 0.162 e. The predicted molar refractivity (Wildman–Crippen MR) is 83.6 cm³/mol. The van der Waals surface area contributed by atoms with Crippen LogP contribution in [0.25, 0.3) is 0 Å². The Kier molecular flexibility index (Phi) is 4.80. The zero-order valence-corrected chi connectivity index (χ0v) is 13.3. The van der Waals surface area contributed by atoms with Gasteiger partial charge >= 0.3 is 0 Å². The van der Waals surface area contributed by atoms with Gasteiger partial charge in [-0.2, -0.15) is 0 Å². The summed E-state index contributed by atoms with van der Waals surface area (Å²) in [4.78, 5) is 0.862. The van der Waals surface area contributed by atoms with E-state index in [4.69, 9.17) is 9.47 Å². The molecule has 1 heterocycles. The number of rotatable bonds is 4. The van der Waals surface area contributed by atoms with Gasteiger partial charge in [0.2, 0.25) is 0 Å². The minimum Gasteiger partial charge on any atom is -0.490 e. The molecule has 1 aromatic rings. The maximum absolute atomic E-state index is 12.8. The van der Waals surface area contributed by atoms with E-state index in [1.807, 2.05) is 18.2 Å². The second-order valence-corrected chi connectivity index (χ2v) is 7.38. The number of fused-ring (bicyclic) bond motifs is 1. The summed E-state index contributed by atoms with van der Waals surface area (Å²) in [5, 5.41) is 3.71. The Labute approximate surface area is 128 Å². The Morgan fingerprint density at radius 1 is 1.24 bits per heavy atom. The molecule has 3 atom stereocenters. The van der Waals surface area contributed by atoms with Gasteiger partial charge < -0.3 is 14.8 Å². The van der Waals surface area contributed by atoms with Gasteiger partial charge in [-0.05, 0) is 37.9 Å². The molecule has 0 saturated heterocycles. The van der Waals surface area contributed by atoms with Crippen molar-refractivity contribution in [2.24, 2.45) is 0 Å². The number of hydrogen-bond donors (Lipinski definition) is 1. The fourth-order valence-corrected chi connectivity index (χ4v) is 4.64. The van der Waals surface area contributed by atoms with E-state index in [9.17, 15) is 4.21 Å². The normalized spacial score (nSPS) is 26.3. The van der Waals surface area contributed by atoms with Gasteiger partial charge in [-0.1, -0.05) is 6.92 Å². The lowest BCUT2D eigenvalue weighted by atomic mass is 10.2. The van der Waals surface area contributed by atoms with Gasteiger partial charge in [0.15, 0.2) is 11.5 Å². The highest BCUT2D eigenvalue weighted by Crippen LogP contribution is 2.34. The molecule has 0 spiro atoms. The van der Waals surface area contributed by atoms with Crippen LogP contribution in [0.5, 0.6) is 11.5 Å². The largest absolute Gasteiger partial charge is 0.490 e. The van der Waals surface area contributed by atoms with Crippen molar-refractivity contribution in [3.05, 3.63) is 18.2 Å². The Hall–Kier alpha value is -1.07. The predicted octanol–water partition coefficient (Wildman–Crippen LogP) is 2.49. The SMILES string of the molecule is CCNC1CCC(S(=O)c2ccc3c(c2)OCCCO3)C1. The van der Waals surface area contributed by atoms with Crippen LogP contribution in [0.15, 0.2) is 23.1 Å². The van der Waals surface area contributed by atoms with Crippen molar-refractivity contribution < 1.29 is 13.7 Å². The first-order valence-electron chi connectivity index (χ1n) is 7.81. The number of ether oxygens (including phenoxy) is 2. The highest BCUT2D eigenvalue weighted by atomic mass is 32.2. The molecule has 1 saturated carbocycles. The third-order valence-corrected chi connectivity index (χ3v) is 5.88. The molecule has 3 rings (SSSR count). The minimum absolute atomic E-state index is 0.249. The topological polar surface area (TPSA) is 47.6 Å². The molecule has 0 aromatic heterocycles. The molecule has 5 heteroatoms. The molecular formula is C16H23NO3S. The summed E-state index contributed by atoms with van der Waals surface area (Å²) in [5.41, 5.74) is 0. The molecule has 21 heavy (non-hydrogen) atoms. The van der Waals surface area contributed by atoms with Gasteiger partial charge in [-0.15, -0.1) is 0 Å². The smallest absolute Gasteiger partial charge is 0.162 e. The molecule has 0 radical (unpaired) electrons. The van der Waals surface area contributed by atoms with E-state index in [1.54, 1.807) is 0 Å². The number of nitrogens with one attached hydrogen (secondary N) is 1. The van der Waals surface area contributed by atoms with Crippen molar-refractivity contribution in [1.82, 2.24) is 5.32 Å². The molecule has 3 unspecified atom stereocenters. The third kappa shape index (κ3) is 3.40. The average Bonchev–Trinajstić information content (AvgIpc) is 2.83. The van der Waals surface area contributed by atoms with Gasteiger partial charge in [-0.25, -0.2) is 0 Å². The van der Waals surface area contributed by atoms with Crippen LogP contribution in [0.4, 0.5) is 0 Å². The summed E-state index contributed by atoms with van der Waals surface area (Å²) < 4.78 is 24.1. The molecule has 0 amide bonds. The summed E-state index contributed by atoms with van der Waals surface area (Å²) in [7, 11) is -0.962. The van der Waals surface area contributed by atoms with Gasteiger partial charge in [0, 0.05) is 28.7 Å². The lowest BCUT2D eigenvalue weighted by Crippen LogP contribution is -2.27. The summed E-state index contributed by atoms with van der Waals surface area (Å²) in [5.74, 6) is 1.50. The highest BCUT2D eigenvalue weighted by molar-refractivity contribution is 7.85. The molecule has 1 N–H and O–H groups in total. The fraction of sp³-hybridized carbons (Fsp3) is 0.625. The average molecular weight is 309 g/mol. The number of hydrogen-bond acceptors (Lipinski definition) is 4. The number of benzene rings is 1. The fourth-order valence-electron chi connectivity index (χ4n) is 3.07. The van der Waals surface area contributed by atoms with Crippen LogP contribution < -0.4 is 14.8 Å². The summed E-state index contributed by atoms with van der Waals surface area (Å²) in [6, 6.07) is 6.23. The van der Waals surface area contributed by atoms with Crippen molar-refractivity contribution in [3.63, 3.8) is 0 Å². The van der Waals surface area contributed by atoms with Gasteiger partial charge in [0.1, 0.15) is 0 Å². The van der Waals surface area contributed by atoms with E-state index in [2.05, 4.69) is 12.2 Å². The maximum atomic E-state index is 12.8. The summed E-state index contributed by atoms with van der Waals surface area (Å²) in [6.07, 6.45) is 4.03. The van der Waals surface area contributed by atoms with Crippen molar-refractivity contribution in [1.29, 1.82) is 0 Å². The van der Waals surface area contributed by atoms with Gasteiger partial charge in [0.25, 0.3) is 0 Å². The van der Waals surface area contributed by atoms with Gasteiger partial charge in [0.05, 0.1) is 24.0 Å². The van der Waals surface area contributed by atoms with Crippen LogP contribution >= 0.6 is 0 Å². The summed E-state index contributed by atoms with van der Waals surface area (Å²) >= 11 is 0. The molecule has 0 bridgehead atoms. The van der Waals surface area contributed by atoms with E-state index in [0.717, 1.165) is 48.6 Å². The quantitative estimate of drug-likeness (QED) is 0.928. The van der Waals surface area contributed by atoms with Crippen LogP contribution in [0.2, 0.25) is 0 Å². The lowest BCUT2D eigenvalue weighted by Gasteiger charge is -2.13. The van der Waals surface area contributed by atoms with E-state index >= 15 is 0 Å². The van der Waals surface area contributed by atoms with E-state index in [-0.39, 0.29) is 5.25 Å². The molecule has 116 valence electrons. The Morgan fingerprint density at radius 2 is 2.05 bits per heavy atom. The first-order chi connectivity index (χ1) is 10.3. The standard InChI is InChI=1S/C16H23NO3S/c1-2-17-12-4-5-13(10-12)21(18)14-6-7-15-16(11-14)20-9-3-8-19-15/h6-7,11-13,17H,2-5,8-10H2,1H3. The molecule has 1 aromatic carbocycles. The van der Waals surface area contributed by atoms with Crippen molar-refractivity contribution >= 4 is 10.8 Å². The molecule has 1 fully saturated rings. The first-order valence-corrected chi connectivity index (χ1v) is 9.03. The second kappa shape index (κ2) is 6.79. The third-order valence-electron chi connectivity index (χ3n) is 4.13. The monoisotopic (exact) mass is 309 g/mol. The van der Waals surface area contributed by atoms with Crippen molar-refractivity contribution in [2.45, 2.75) is 48.8 Å². The Bertz CT molecular complexity index is 520. The van der Waals surface area contributed by atoms with E-state index < -0.39 is 10.8 Å². The summed E-state index contributed by atoms with van der Waals surface area (Å²) in [6.45, 7) is 4.44. The van der Waals surface area contributed by atoms with E-state index in [1.165, 1.54) is 0 Å². The van der Waals surface area contributed by atoms with Crippen LogP contribution in [0.1, 0.15) is 32.6 Å². The lowest BCUT2D eigenvalue weighted by molar-refractivity contribution is 0.297. The minimum atomic E-state index is -0.962. The Morgan fingerprint density at radius 3 is 2.86 bits per heavy atom. The first kappa shape index (κ1) is 14.9. The van der Waals surface area contributed by atoms with Crippen LogP contribution in [0.3, 0.4) is 0 Å². The van der Waals surface area contributed by atoms with Crippen molar-refractivity contribution in [2.75, 3.05) is 19.8 Å². The van der Waals surface area contributed by atoms with Gasteiger partial charge in [-0.3, -0.25) is 4.21 Å². The van der Waals surface area contributed by atoms with Crippen LogP contribution in [-0.2, 0) is 10.8 Å². The molecular weight excluding hydrogens is 286 g/mol. The van der Waals surface area contributed by atoms with E-state index in [0.29, 0.717) is 19.3 Å². The molecule has 1 aliphatic heterocycles. The van der Waals surface area contributed by atoms with Crippen molar-refractivity contribution in [3.8, 4) is 11.5 Å². The molecule has 4 nitrogen and oxygen atoms in total. The zero-order chi connectivity index (χ0) is 14.7. The Balaban J connectivity index is 1.72.